The summed E-state index contributed by atoms with van der Waals surface area (Å²) in [6.45, 7) is 0.145. The second-order valence-electron chi connectivity index (χ2n) is 10.8. The first-order valence-electron chi connectivity index (χ1n) is 13.5. The Morgan fingerprint density at radius 1 is 0.786 bits per heavy atom. The van der Waals surface area contributed by atoms with Gasteiger partial charge in [0.05, 0.1) is 35.4 Å². The highest BCUT2D eigenvalue weighted by molar-refractivity contribution is 5.35. The summed E-state index contributed by atoms with van der Waals surface area (Å²) in [7, 11) is 0. The van der Waals surface area contributed by atoms with Crippen LogP contribution in [0.15, 0.2) is 85.2 Å². The summed E-state index contributed by atoms with van der Waals surface area (Å²) in [5, 5.41) is 11.9. The molecule has 2 saturated heterocycles. The van der Waals surface area contributed by atoms with Crippen LogP contribution in [0.5, 0.6) is 0 Å². The third-order valence-electron chi connectivity index (χ3n) is 8.41. The molecule has 0 unspecified atom stereocenters. The van der Waals surface area contributed by atoms with Gasteiger partial charge < -0.3 is 4.74 Å². The zero-order valence-corrected chi connectivity index (χ0v) is 22.3. The van der Waals surface area contributed by atoms with Gasteiger partial charge in [-0.2, -0.15) is 26.3 Å². The first-order valence-corrected chi connectivity index (χ1v) is 13.5. The highest BCUT2D eigenvalue weighted by Gasteiger charge is 2.60. The molecule has 2 bridgehead atoms. The van der Waals surface area contributed by atoms with Gasteiger partial charge in [0.25, 0.3) is 0 Å². The normalized spacial score (nSPS) is 24.7. The average molecular weight is 588 g/mol. The van der Waals surface area contributed by atoms with E-state index in [1.165, 1.54) is 0 Å². The van der Waals surface area contributed by atoms with Gasteiger partial charge in [-0.15, -0.1) is 5.10 Å². The SMILES string of the molecule is FC(F)(F)c1cc(CO[C@@H]2CC[C@H]3[C@H](n4cnnn4)C[C@]2(c2ccccc2)N3Cc2ccccc2)cc(C(F)(F)F)c1. The minimum atomic E-state index is -4.93. The number of fused-ring (bicyclic) bond motifs is 2. The van der Waals surface area contributed by atoms with E-state index < -0.39 is 41.7 Å². The Hall–Kier alpha value is -3.77. The Morgan fingerprint density at radius 2 is 1.43 bits per heavy atom. The van der Waals surface area contributed by atoms with Crippen molar-refractivity contribution in [1.82, 2.24) is 25.1 Å². The average Bonchev–Trinajstić information content (AvgIpc) is 3.57. The highest BCUT2D eigenvalue weighted by atomic mass is 19.4. The maximum Gasteiger partial charge on any atom is 0.416 e. The van der Waals surface area contributed by atoms with Crippen molar-refractivity contribution < 1.29 is 31.1 Å². The van der Waals surface area contributed by atoms with E-state index in [0.29, 0.717) is 25.8 Å². The van der Waals surface area contributed by atoms with Crippen molar-refractivity contribution in [2.24, 2.45) is 0 Å². The zero-order valence-electron chi connectivity index (χ0n) is 22.3. The van der Waals surface area contributed by atoms with Gasteiger partial charge in [0.2, 0.25) is 0 Å². The van der Waals surface area contributed by atoms with Crippen LogP contribution < -0.4 is 0 Å². The lowest BCUT2D eigenvalue weighted by molar-refractivity contribution is -0.143. The van der Waals surface area contributed by atoms with Gasteiger partial charge in [0, 0.05) is 12.6 Å². The number of rotatable bonds is 7. The largest absolute Gasteiger partial charge is 0.416 e. The first kappa shape index (κ1) is 28.4. The Balaban J connectivity index is 1.40. The van der Waals surface area contributed by atoms with Crippen LogP contribution in [0.4, 0.5) is 26.3 Å². The topological polar surface area (TPSA) is 56.1 Å². The van der Waals surface area contributed by atoms with Gasteiger partial charge in [-0.1, -0.05) is 60.7 Å². The van der Waals surface area contributed by atoms with Gasteiger partial charge in [-0.25, -0.2) is 4.68 Å². The van der Waals surface area contributed by atoms with Crippen LogP contribution in [-0.4, -0.2) is 37.3 Å². The quantitative estimate of drug-likeness (QED) is 0.223. The van der Waals surface area contributed by atoms with Gasteiger partial charge in [0.15, 0.2) is 0 Å². The van der Waals surface area contributed by atoms with Crippen LogP contribution in [0.1, 0.15) is 53.1 Å². The van der Waals surface area contributed by atoms with Crippen LogP contribution in [0.3, 0.4) is 0 Å². The third-order valence-corrected chi connectivity index (χ3v) is 8.41. The van der Waals surface area contributed by atoms with Gasteiger partial charge >= 0.3 is 12.4 Å². The Bertz CT molecular complexity index is 1460. The van der Waals surface area contributed by atoms with Gasteiger partial charge in [-0.05, 0) is 64.6 Å². The summed E-state index contributed by atoms with van der Waals surface area (Å²) in [6.07, 6.45) is -7.07. The van der Waals surface area contributed by atoms with E-state index >= 15 is 0 Å². The maximum atomic E-state index is 13.5. The number of piperidine rings is 1. The molecule has 42 heavy (non-hydrogen) atoms. The zero-order chi connectivity index (χ0) is 29.5. The molecule has 0 radical (unpaired) electrons. The summed E-state index contributed by atoms with van der Waals surface area (Å²) in [5.41, 5.74) is -1.64. The van der Waals surface area contributed by atoms with Crippen molar-refractivity contribution >= 4 is 0 Å². The first-order chi connectivity index (χ1) is 20.1. The lowest BCUT2D eigenvalue weighted by atomic mass is 9.78. The molecule has 4 aromatic rings. The molecule has 220 valence electrons. The predicted molar refractivity (Wildman–Crippen MR) is 140 cm³/mol. The molecule has 2 fully saturated rings. The van der Waals surface area contributed by atoms with Crippen LogP contribution in [0, 0.1) is 0 Å². The van der Waals surface area contributed by atoms with Crippen molar-refractivity contribution in [3.05, 3.63) is 113 Å². The van der Waals surface area contributed by atoms with Crippen molar-refractivity contribution in [3.63, 3.8) is 0 Å². The standard InChI is InChI=1S/C30H27F6N5O/c31-29(32,33)23-13-21(14-24(15-23)30(34,35)36)18-42-27-12-11-25-26(41-19-37-38-39-41)16-28(27,22-9-5-2-6-10-22)40(25)17-20-7-3-1-4-8-20/h1-10,13-15,19,25-27H,11-12,16-18H2/t25-,26+,27+,28+/m0/s1. The van der Waals surface area contributed by atoms with E-state index in [4.69, 9.17) is 4.74 Å². The molecule has 2 aliphatic rings. The van der Waals surface area contributed by atoms with Crippen molar-refractivity contribution in [2.75, 3.05) is 0 Å². The molecule has 1 aromatic heterocycles. The molecule has 0 aliphatic carbocycles. The number of halogens is 6. The number of nitrogens with zero attached hydrogens (tertiary/aromatic N) is 5. The van der Waals surface area contributed by atoms with E-state index in [1.807, 2.05) is 60.7 Å². The predicted octanol–water partition coefficient (Wildman–Crippen LogP) is 6.80. The number of alkyl halides is 6. The fourth-order valence-corrected chi connectivity index (χ4v) is 6.65. The van der Waals surface area contributed by atoms with E-state index in [1.54, 1.807) is 11.0 Å². The number of tetrazole rings is 1. The fourth-order valence-electron chi connectivity index (χ4n) is 6.65. The molecular formula is C30H27F6N5O. The minimum absolute atomic E-state index is 0.0131. The molecule has 0 saturated carbocycles. The van der Waals surface area contributed by atoms with Crippen LogP contribution >= 0.6 is 0 Å². The molecule has 0 N–H and O–H groups in total. The molecule has 0 spiro atoms. The van der Waals surface area contributed by atoms with Crippen molar-refractivity contribution in [2.45, 2.75) is 68.5 Å². The molecule has 0 amide bonds. The molecular weight excluding hydrogens is 560 g/mol. The molecule has 12 heteroatoms. The highest BCUT2D eigenvalue weighted by Crippen LogP contribution is 2.56. The second kappa shape index (κ2) is 10.8. The monoisotopic (exact) mass is 587 g/mol. The number of ether oxygens (including phenoxy) is 1. The van der Waals surface area contributed by atoms with E-state index in [0.717, 1.165) is 23.3 Å². The Labute approximate surface area is 237 Å². The third kappa shape index (κ3) is 5.29. The number of hydrogen-bond acceptors (Lipinski definition) is 5. The molecule has 6 rings (SSSR count). The van der Waals surface area contributed by atoms with Crippen LogP contribution in [-0.2, 0) is 35.8 Å². The summed E-state index contributed by atoms with van der Waals surface area (Å²) in [5.74, 6) is 0. The van der Waals surface area contributed by atoms with Crippen molar-refractivity contribution in [3.8, 4) is 0 Å². The number of hydrogen-bond donors (Lipinski definition) is 0. The summed E-state index contributed by atoms with van der Waals surface area (Å²) in [4.78, 5) is 2.35. The molecule has 3 aromatic carbocycles. The Morgan fingerprint density at radius 3 is 2.02 bits per heavy atom. The summed E-state index contributed by atoms with van der Waals surface area (Å²) < 4.78 is 89.4. The number of benzene rings is 3. The molecule has 2 aliphatic heterocycles. The summed E-state index contributed by atoms with van der Waals surface area (Å²) in [6, 6.07) is 21.1. The number of aromatic nitrogens is 4. The van der Waals surface area contributed by atoms with Crippen molar-refractivity contribution in [1.29, 1.82) is 0 Å². The lowest BCUT2D eigenvalue weighted by Crippen LogP contribution is -2.56. The van der Waals surface area contributed by atoms with Crippen LogP contribution in [0.2, 0.25) is 0 Å². The van der Waals surface area contributed by atoms with Crippen LogP contribution in [0.25, 0.3) is 0 Å². The fraction of sp³-hybridized carbons (Fsp3) is 0.367. The molecule has 3 heterocycles. The lowest BCUT2D eigenvalue weighted by Gasteiger charge is -2.50. The van der Waals surface area contributed by atoms with Gasteiger partial charge in [0.1, 0.15) is 6.33 Å². The summed E-state index contributed by atoms with van der Waals surface area (Å²) >= 11 is 0. The Kier molecular flexibility index (Phi) is 7.30. The van der Waals surface area contributed by atoms with Gasteiger partial charge in [-0.3, -0.25) is 4.90 Å². The van der Waals surface area contributed by atoms with E-state index in [-0.39, 0.29) is 23.7 Å². The van der Waals surface area contributed by atoms with E-state index in [9.17, 15) is 26.3 Å². The second-order valence-corrected chi connectivity index (χ2v) is 10.8. The van der Waals surface area contributed by atoms with E-state index in [2.05, 4.69) is 20.4 Å². The molecule has 6 nitrogen and oxygen atoms in total. The maximum absolute atomic E-state index is 13.5. The smallest absolute Gasteiger partial charge is 0.371 e. The molecule has 4 atom stereocenters. The minimum Gasteiger partial charge on any atom is -0.371 e.